The van der Waals surface area contributed by atoms with E-state index in [2.05, 4.69) is 10.4 Å². The van der Waals surface area contributed by atoms with E-state index in [0.29, 0.717) is 35.7 Å². The average Bonchev–Trinajstić information content (AvgIpc) is 3.14. The smallest absolute Gasteiger partial charge is 0.338 e. The summed E-state index contributed by atoms with van der Waals surface area (Å²) in [5, 5.41) is 19.8. The van der Waals surface area contributed by atoms with Crippen LogP contribution in [0.3, 0.4) is 0 Å². The van der Waals surface area contributed by atoms with Crippen LogP contribution in [0.5, 0.6) is 11.5 Å². The largest absolute Gasteiger partial charge is 0.454 e. The van der Waals surface area contributed by atoms with Crippen LogP contribution in [0.25, 0.3) is 0 Å². The lowest BCUT2D eigenvalue weighted by atomic mass is 9.94. The second kappa shape index (κ2) is 8.19. The van der Waals surface area contributed by atoms with Crippen LogP contribution in [0.4, 0.5) is 10.5 Å². The topological polar surface area (TPSA) is 106 Å². The summed E-state index contributed by atoms with van der Waals surface area (Å²) < 4.78 is 11.0. The highest BCUT2D eigenvalue weighted by Crippen LogP contribution is 2.37. The van der Waals surface area contributed by atoms with Crippen LogP contribution in [-0.2, 0) is 6.42 Å². The van der Waals surface area contributed by atoms with Gasteiger partial charge in [-0.05, 0) is 43.2 Å². The first-order chi connectivity index (χ1) is 14.5. The number of urea groups is 1. The number of halogens is 1. The molecular formula is C20H19ClN4O5. The van der Waals surface area contributed by atoms with Gasteiger partial charge in [-0.2, -0.15) is 5.10 Å². The van der Waals surface area contributed by atoms with Crippen molar-refractivity contribution < 1.29 is 19.2 Å². The van der Waals surface area contributed by atoms with Crippen molar-refractivity contribution in [2.75, 3.05) is 19.2 Å². The molecule has 2 aliphatic rings. The fraction of sp³-hybridized carbons (Fsp3) is 0.300. The van der Waals surface area contributed by atoms with Gasteiger partial charge in [0.15, 0.2) is 11.5 Å². The first-order valence-corrected chi connectivity index (χ1v) is 9.90. The molecule has 156 valence electrons. The number of ether oxygens (including phenoxy) is 2. The second-order valence-corrected chi connectivity index (χ2v) is 7.31. The standard InChI is InChI=1S/C20H19ClN4O5/c1-12-8-14-9-17-18(30-11-29-17)10-16(14)19(23-24(12)20(26)22-7-6-21)13-2-4-15(5-3-13)25(27)28/h2-5,9-10,12H,6-8,11H2,1H3,(H,22,26). The number of hydrazone groups is 1. The molecule has 0 saturated carbocycles. The maximum absolute atomic E-state index is 12.7. The van der Waals surface area contributed by atoms with E-state index in [-0.39, 0.29) is 30.4 Å². The molecule has 1 unspecified atom stereocenters. The summed E-state index contributed by atoms with van der Waals surface area (Å²) in [5.74, 6) is 1.52. The Morgan fingerprint density at radius 1 is 1.30 bits per heavy atom. The third-order valence-corrected chi connectivity index (χ3v) is 5.11. The number of nitrogens with zero attached hydrogens (tertiary/aromatic N) is 3. The predicted octanol–water partition coefficient (Wildman–Crippen LogP) is 3.27. The normalized spacial score (nSPS) is 17.1. The van der Waals surface area contributed by atoms with E-state index in [9.17, 15) is 14.9 Å². The minimum Gasteiger partial charge on any atom is -0.454 e. The highest BCUT2D eigenvalue weighted by Gasteiger charge is 2.29. The van der Waals surface area contributed by atoms with Crippen LogP contribution < -0.4 is 14.8 Å². The zero-order chi connectivity index (χ0) is 21.3. The minimum absolute atomic E-state index is 0.0241. The van der Waals surface area contributed by atoms with Crippen molar-refractivity contribution in [3.63, 3.8) is 0 Å². The summed E-state index contributed by atoms with van der Waals surface area (Å²) in [6.07, 6.45) is 0.542. The van der Waals surface area contributed by atoms with Crippen LogP contribution in [0.2, 0.25) is 0 Å². The zero-order valence-electron chi connectivity index (χ0n) is 16.1. The molecule has 0 spiro atoms. The number of carbonyl (C=O) groups is 1. The predicted molar refractivity (Wildman–Crippen MR) is 110 cm³/mol. The van der Waals surface area contributed by atoms with Gasteiger partial charge in [0.2, 0.25) is 6.79 Å². The van der Waals surface area contributed by atoms with Crippen molar-refractivity contribution in [1.29, 1.82) is 0 Å². The van der Waals surface area contributed by atoms with Crippen LogP contribution >= 0.6 is 11.6 Å². The van der Waals surface area contributed by atoms with E-state index < -0.39 is 4.92 Å². The lowest BCUT2D eigenvalue weighted by molar-refractivity contribution is -0.384. The Morgan fingerprint density at radius 2 is 2.00 bits per heavy atom. The molecule has 1 atom stereocenters. The molecule has 0 saturated heterocycles. The Hall–Kier alpha value is -3.33. The molecule has 2 amide bonds. The third kappa shape index (κ3) is 3.76. The van der Waals surface area contributed by atoms with Crippen molar-refractivity contribution in [1.82, 2.24) is 10.3 Å². The van der Waals surface area contributed by atoms with Crippen LogP contribution in [-0.4, -0.2) is 46.9 Å². The van der Waals surface area contributed by atoms with Gasteiger partial charge in [-0.25, -0.2) is 9.80 Å². The number of rotatable bonds is 4. The van der Waals surface area contributed by atoms with E-state index >= 15 is 0 Å². The number of nitro groups is 1. The highest BCUT2D eigenvalue weighted by molar-refractivity contribution is 6.18. The molecule has 0 aromatic heterocycles. The van der Waals surface area contributed by atoms with Crippen molar-refractivity contribution in [3.8, 4) is 11.5 Å². The van der Waals surface area contributed by atoms with Gasteiger partial charge in [0.1, 0.15) is 0 Å². The molecule has 9 nitrogen and oxygen atoms in total. The summed E-state index contributed by atoms with van der Waals surface area (Å²) >= 11 is 5.70. The molecule has 0 fully saturated rings. The number of hydrogen-bond donors (Lipinski definition) is 1. The monoisotopic (exact) mass is 430 g/mol. The fourth-order valence-corrected chi connectivity index (χ4v) is 3.57. The maximum atomic E-state index is 12.7. The highest BCUT2D eigenvalue weighted by atomic mass is 35.5. The van der Waals surface area contributed by atoms with Crippen LogP contribution in [0.15, 0.2) is 41.5 Å². The number of nitrogens with one attached hydrogen (secondary N) is 1. The van der Waals surface area contributed by atoms with Gasteiger partial charge in [0.25, 0.3) is 5.69 Å². The van der Waals surface area contributed by atoms with Crippen molar-refractivity contribution >= 4 is 29.0 Å². The number of fused-ring (bicyclic) bond motifs is 2. The Balaban J connectivity index is 1.82. The average molecular weight is 431 g/mol. The molecule has 0 radical (unpaired) electrons. The molecule has 2 aliphatic heterocycles. The molecule has 2 aromatic rings. The number of carbonyl (C=O) groups excluding carboxylic acids is 1. The molecule has 0 aliphatic carbocycles. The van der Waals surface area contributed by atoms with E-state index in [1.54, 1.807) is 12.1 Å². The van der Waals surface area contributed by atoms with Crippen molar-refractivity contribution in [2.24, 2.45) is 5.10 Å². The van der Waals surface area contributed by atoms with Gasteiger partial charge >= 0.3 is 6.03 Å². The molecule has 0 bridgehead atoms. The summed E-state index contributed by atoms with van der Waals surface area (Å²) in [5.41, 5.74) is 2.86. The lowest BCUT2D eigenvalue weighted by Gasteiger charge is -2.23. The minimum atomic E-state index is -0.460. The Labute approximate surface area is 177 Å². The van der Waals surface area contributed by atoms with Gasteiger partial charge in [0, 0.05) is 35.7 Å². The fourth-order valence-electron chi connectivity index (χ4n) is 3.47. The van der Waals surface area contributed by atoms with Gasteiger partial charge < -0.3 is 14.8 Å². The second-order valence-electron chi connectivity index (χ2n) is 6.93. The van der Waals surface area contributed by atoms with Crippen LogP contribution in [0.1, 0.15) is 23.6 Å². The van der Waals surface area contributed by atoms with Crippen molar-refractivity contribution in [2.45, 2.75) is 19.4 Å². The summed E-state index contributed by atoms with van der Waals surface area (Å²) in [6, 6.07) is 9.20. The first-order valence-electron chi connectivity index (χ1n) is 9.37. The Morgan fingerprint density at radius 3 is 2.67 bits per heavy atom. The number of benzene rings is 2. The third-order valence-electron chi connectivity index (χ3n) is 4.92. The van der Waals surface area contributed by atoms with Gasteiger partial charge in [-0.1, -0.05) is 0 Å². The summed E-state index contributed by atoms with van der Waals surface area (Å²) in [6.45, 7) is 2.36. The number of alkyl halides is 1. The molecule has 30 heavy (non-hydrogen) atoms. The molecule has 4 rings (SSSR count). The molecule has 2 heterocycles. The van der Waals surface area contributed by atoms with E-state index in [1.807, 2.05) is 19.1 Å². The lowest BCUT2D eigenvalue weighted by Crippen LogP contribution is -2.43. The summed E-state index contributed by atoms with van der Waals surface area (Å²) in [4.78, 5) is 23.3. The Kier molecular flexibility index (Phi) is 5.45. The Bertz CT molecular complexity index is 1020. The SMILES string of the molecule is CC1Cc2cc3c(cc2C(c2ccc([N+](=O)[O-])cc2)=NN1C(=O)NCCCl)OCO3. The summed E-state index contributed by atoms with van der Waals surface area (Å²) in [7, 11) is 0. The van der Waals surface area contributed by atoms with E-state index in [4.69, 9.17) is 21.1 Å². The molecule has 1 N–H and O–H groups in total. The number of nitro benzene ring substituents is 1. The van der Waals surface area contributed by atoms with E-state index in [1.165, 1.54) is 17.1 Å². The van der Waals surface area contributed by atoms with Gasteiger partial charge in [-0.3, -0.25) is 10.1 Å². The molecule has 10 heteroatoms. The quantitative estimate of drug-likeness (QED) is 0.455. The van der Waals surface area contributed by atoms with Crippen molar-refractivity contribution in [3.05, 3.63) is 63.2 Å². The number of amides is 2. The number of non-ortho nitro benzene ring substituents is 1. The first kappa shape index (κ1) is 20.0. The van der Waals surface area contributed by atoms with Crippen LogP contribution in [0, 0.1) is 10.1 Å². The van der Waals surface area contributed by atoms with Gasteiger partial charge in [0.05, 0.1) is 16.7 Å². The van der Waals surface area contributed by atoms with E-state index in [0.717, 1.165) is 11.1 Å². The molecule has 2 aromatic carbocycles. The van der Waals surface area contributed by atoms with Gasteiger partial charge in [-0.15, -0.1) is 11.6 Å². The number of hydrogen-bond acceptors (Lipinski definition) is 6. The zero-order valence-corrected chi connectivity index (χ0v) is 16.9. The maximum Gasteiger partial charge on any atom is 0.338 e. The molecular weight excluding hydrogens is 412 g/mol.